The van der Waals surface area contributed by atoms with Crippen LogP contribution in [0.5, 0.6) is 0 Å². The van der Waals surface area contributed by atoms with Gasteiger partial charge in [-0.2, -0.15) is 0 Å². The SMILES string of the molecule is CC(C)C(NC(=O)C(NC(=O)C(N)CCCN=C(N)N)C(C)O)C(=O)NC(CCC(=O)O)C(=O)O. The molecular weight excluding hydrogens is 466 g/mol. The summed E-state index contributed by atoms with van der Waals surface area (Å²) in [5, 5.41) is 35.0. The highest BCUT2D eigenvalue weighted by molar-refractivity contribution is 5.94. The largest absolute Gasteiger partial charge is 0.481 e. The van der Waals surface area contributed by atoms with E-state index in [1.54, 1.807) is 13.8 Å². The van der Waals surface area contributed by atoms with E-state index in [1.165, 1.54) is 6.92 Å². The van der Waals surface area contributed by atoms with Crippen LogP contribution in [0, 0.1) is 5.92 Å². The van der Waals surface area contributed by atoms with Gasteiger partial charge in [0, 0.05) is 13.0 Å². The van der Waals surface area contributed by atoms with E-state index < -0.39 is 72.3 Å². The number of nitrogens with zero attached hydrogens (tertiary/aromatic N) is 1. The minimum atomic E-state index is -1.49. The van der Waals surface area contributed by atoms with Crippen molar-refractivity contribution in [3.63, 3.8) is 0 Å². The van der Waals surface area contributed by atoms with Gasteiger partial charge in [0.05, 0.1) is 12.1 Å². The minimum Gasteiger partial charge on any atom is -0.481 e. The van der Waals surface area contributed by atoms with E-state index in [0.29, 0.717) is 6.42 Å². The van der Waals surface area contributed by atoms with Crippen LogP contribution in [-0.2, 0) is 24.0 Å². The molecule has 0 aromatic rings. The van der Waals surface area contributed by atoms with Gasteiger partial charge in [-0.05, 0) is 32.1 Å². The van der Waals surface area contributed by atoms with Crippen LogP contribution >= 0.6 is 0 Å². The van der Waals surface area contributed by atoms with Crippen molar-refractivity contribution in [3.8, 4) is 0 Å². The Morgan fingerprint density at radius 2 is 1.40 bits per heavy atom. The summed E-state index contributed by atoms with van der Waals surface area (Å²) in [7, 11) is 0. The van der Waals surface area contributed by atoms with Gasteiger partial charge >= 0.3 is 11.9 Å². The molecule has 3 amide bonds. The van der Waals surface area contributed by atoms with Crippen molar-refractivity contribution in [2.45, 2.75) is 76.7 Å². The number of aliphatic hydroxyl groups excluding tert-OH is 1. The van der Waals surface area contributed by atoms with Crippen LogP contribution in [0.25, 0.3) is 0 Å². The predicted molar refractivity (Wildman–Crippen MR) is 125 cm³/mol. The first-order valence-electron chi connectivity index (χ1n) is 11.0. The van der Waals surface area contributed by atoms with Crippen molar-refractivity contribution in [1.29, 1.82) is 0 Å². The summed E-state index contributed by atoms with van der Waals surface area (Å²) >= 11 is 0. The molecule has 200 valence electrons. The fraction of sp³-hybridized carbons (Fsp3) is 0.700. The second kappa shape index (κ2) is 15.4. The van der Waals surface area contributed by atoms with Crippen molar-refractivity contribution >= 4 is 35.6 Å². The Morgan fingerprint density at radius 1 is 0.857 bits per heavy atom. The smallest absolute Gasteiger partial charge is 0.326 e. The third-order valence-corrected chi connectivity index (χ3v) is 4.88. The lowest BCUT2D eigenvalue weighted by molar-refractivity contribution is -0.143. The fourth-order valence-electron chi connectivity index (χ4n) is 2.88. The minimum absolute atomic E-state index is 0.103. The molecule has 15 nitrogen and oxygen atoms in total. The molecule has 0 aliphatic carbocycles. The standard InChI is InChI=1S/C20H37N7O8/c1-9(2)14(17(32)25-12(19(34)35)6-7-13(29)30)26-18(33)15(10(3)28)27-16(31)11(21)5-4-8-24-20(22)23/h9-12,14-15,28H,4-8,21H2,1-3H3,(H,25,32)(H,26,33)(H,27,31)(H,29,30)(H,34,35)(H4,22,23,24). The molecule has 0 radical (unpaired) electrons. The Labute approximate surface area is 202 Å². The van der Waals surface area contributed by atoms with Gasteiger partial charge in [0.25, 0.3) is 0 Å². The average molecular weight is 504 g/mol. The van der Waals surface area contributed by atoms with E-state index in [9.17, 15) is 34.2 Å². The Hall–Kier alpha value is -3.46. The number of hydrogen-bond donors (Lipinski definition) is 9. The summed E-state index contributed by atoms with van der Waals surface area (Å²) in [6.45, 7) is 4.67. The van der Waals surface area contributed by atoms with Crippen LogP contribution in [0.1, 0.15) is 46.5 Å². The Balaban J connectivity index is 5.24. The van der Waals surface area contributed by atoms with Crippen molar-refractivity contribution in [2.75, 3.05) is 6.54 Å². The van der Waals surface area contributed by atoms with Crippen molar-refractivity contribution in [1.82, 2.24) is 16.0 Å². The number of carboxylic acids is 2. The zero-order valence-corrected chi connectivity index (χ0v) is 20.1. The number of guanidine groups is 1. The van der Waals surface area contributed by atoms with E-state index in [4.69, 9.17) is 22.3 Å². The quantitative estimate of drug-likeness (QED) is 0.0574. The van der Waals surface area contributed by atoms with Gasteiger partial charge < -0.3 is 48.5 Å². The Kier molecular flexibility index (Phi) is 13.9. The van der Waals surface area contributed by atoms with Gasteiger partial charge in [-0.3, -0.25) is 24.2 Å². The number of carboxylic acid groups (broad SMARTS) is 2. The number of amides is 3. The highest BCUT2D eigenvalue weighted by Gasteiger charge is 2.33. The van der Waals surface area contributed by atoms with Crippen LogP contribution in [0.2, 0.25) is 0 Å². The molecule has 5 atom stereocenters. The molecule has 0 aliphatic rings. The summed E-state index contributed by atoms with van der Waals surface area (Å²) in [5.74, 6) is -5.77. The number of rotatable bonds is 16. The Bertz CT molecular complexity index is 783. The number of hydrogen-bond acceptors (Lipinski definition) is 8. The first kappa shape index (κ1) is 31.5. The van der Waals surface area contributed by atoms with E-state index in [0.717, 1.165) is 0 Å². The van der Waals surface area contributed by atoms with Crippen molar-refractivity contribution < 1.29 is 39.3 Å². The molecule has 0 aliphatic heterocycles. The van der Waals surface area contributed by atoms with Gasteiger partial charge in [0.1, 0.15) is 18.1 Å². The van der Waals surface area contributed by atoms with E-state index in [1.807, 2.05) is 0 Å². The van der Waals surface area contributed by atoms with Crippen LogP contribution < -0.4 is 33.2 Å². The number of aliphatic carboxylic acids is 2. The number of nitrogens with two attached hydrogens (primary N) is 3. The van der Waals surface area contributed by atoms with Crippen molar-refractivity contribution in [2.24, 2.45) is 28.1 Å². The van der Waals surface area contributed by atoms with E-state index >= 15 is 0 Å². The molecule has 0 rings (SSSR count). The molecule has 0 bridgehead atoms. The molecule has 15 heteroatoms. The maximum Gasteiger partial charge on any atom is 0.326 e. The molecule has 0 fully saturated rings. The molecule has 0 saturated heterocycles. The van der Waals surface area contributed by atoms with Crippen LogP contribution in [-0.4, -0.2) is 87.8 Å². The van der Waals surface area contributed by atoms with Gasteiger partial charge in [-0.25, -0.2) is 4.79 Å². The molecule has 0 aromatic heterocycles. The van der Waals surface area contributed by atoms with Gasteiger partial charge in [-0.15, -0.1) is 0 Å². The average Bonchev–Trinajstić information content (AvgIpc) is 2.74. The van der Waals surface area contributed by atoms with Crippen LogP contribution in [0.4, 0.5) is 0 Å². The van der Waals surface area contributed by atoms with Crippen LogP contribution in [0.3, 0.4) is 0 Å². The van der Waals surface area contributed by atoms with Gasteiger partial charge in [-0.1, -0.05) is 13.8 Å². The molecule has 0 heterocycles. The van der Waals surface area contributed by atoms with E-state index in [-0.39, 0.29) is 25.3 Å². The number of aliphatic hydroxyl groups is 1. The summed E-state index contributed by atoms with van der Waals surface area (Å²) in [4.78, 5) is 63.7. The fourth-order valence-corrected chi connectivity index (χ4v) is 2.88. The molecule has 35 heavy (non-hydrogen) atoms. The number of carbonyl (C=O) groups is 5. The maximum absolute atomic E-state index is 12.8. The van der Waals surface area contributed by atoms with Gasteiger partial charge in [0.15, 0.2) is 5.96 Å². The topological polar surface area (TPSA) is 273 Å². The van der Waals surface area contributed by atoms with E-state index in [2.05, 4.69) is 20.9 Å². The monoisotopic (exact) mass is 503 g/mol. The third kappa shape index (κ3) is 12.5. The van der Waals surface area contributed by atoms with Crippen molar-refractivity contribution in [3.05, 3.63) is 0 Å². The predicted octanol–water partition coefficient (Wildman–Crippen LogP) is -3.19. The van der Waals surface area contributed by atoms with Crippen LogP contribution in [0.15, 0.2) is 4.99 Å². The molecule has 0 spiro atoms. The summed E-state index contributed by atoms with van der Waals surface area (Å²) in [6.07, 6.45) is -1.62. The lowest BCUT2D eigenvalue weighted by Crippen LogP contribution is -2.60. The molecule has 5 unspecified atom stereocenters. The van der Waals surface area contributed by atoms with Gasteiger partial charge in [0.2, 0.25) is 17.7 Å². The molecule has 12 N–H and O–H groups in total. The number of carbonyl (C=O) groups excluding carboxylic acids is 3. The highest BCUT2D eigenvalue weighted by atomic mass is 16.4. The first-order chi connectivity index (χ1) is 16.2. The summed E-state index contributed by atoms with van der Waals surface area (Å²) in [5.41, 5.74) is 16.2. The molecule has 0 saturated carbocycles. The highest BCUT2D eigenvalue weighted by Crippen LogP contribution is 2.07. The Morgan fingerprint density at radius 3 is 1.86 bits per heavy atom. The molecular formula is C20H37N7O8. The normalized spacial score (nSPS) is 15.1. The second-order valence-electron chi connectivity index (χ2n) is 8.34. The summed E-state index contributed by atoms with van der Waals surface area (Å²) in [6, 6.07) is -5.20. The summed E-state index contributed by atoms with van der Waals surface area (Å²) < 4.78 is 0. The number of nitrogens with one attached hydrogen (secondary N) is 3. The zero-order chi connectivity index (χ0) is 27.3. The molecule has 0 aromatic carbocycles. The second-order valence-corrected chi connectivity index (χ2v) is 8.34. The lowest BCUT2D eigenvalue weighted by atomic mass is 10.0. The number of aliphatic imine (C=N–C) groups is 1. The first-order valence-corrected chi connectivity index (χ1v) is 11.0. The zero-order valence-electron chi connectivity index (χ0n) is 20.1. The third-order valence-electron chi connectivity index (χ3n) is 4.88. The maximum atomic E-state index is 12.8. The lowest BCUT2D eigenvalue weighted by Gasteiger charge is -2.28.